The average molecular weight is 453 g/mol. The molecule has 2 atom stereocenters. The number of thioether (sulfide) groups is 1. The number of carbonyl (C=O) groups is 2. The number of carbonyl (C=O) groups excluding carboxylic acids is 2. The Hall–Kier alpha value is -3.00. The summed E-state index contributed by atoms with van der Waals surface area (Å²) in [5.41, 5.74) is 2.37. The van der Waals surface area contributed by atoms with Crippen molar-refractivity contribution in [2.24, 2.45) is 15.9 Å². The lowest BCUT2D eigenvalue weighted by atomic mass is 10.0. The third kappa shape index (κ3) is 4.60. The highest BCUT2D eigenvalue weighted by molar-refractivity contribution is 8.15. The van der Waals surface area contributed by atoms with Gasteiger partial charge in [0.1, 0.15) is 17.7 Å². The summed E-state index contributed by atoms with van der Waals surface area (Å²) in [7, 11) is 0. The molecule has 0 unspecified atom stereocenters. The highest BCUT2D eigenvalue weighted by atomic mass is 32.2. The van der Waals surface area contributed by atoms with Gasteiger partial charge in [0.2, 0.25) is 5.91 Å². The molecule has 2 aromatic carbocycles. The number of aliphatic imine (C=N–C) groups is 2. The van der Waals surface area contributed by atoms with E-state index in [2.05, 4.69) is 24.2 Å². The van der Waals surface area contributed by atoms with Crippen molar-refractivity contribution < 1.29 is 14.0 Å². The zero-order valence-electron chi connectivity index (χ0n) is 18.2. The molecule has 2 aromatic rings. The quantitative estimate of drug-likeness (QED) is 0.711. The molecular weight excluding hydrogens is 427 g/mol. The molecule has 1 N–H and O–H groups in total. The number of nitrogens with one attached hydrogen (secondary N) is 1. The Kier molecular flexibility index (Phi) is 6.41. The summed E-state index contributed by atoms with van der Waals surface area (Å²) in [5, 5.41) is 2.83. The lowest BCUT2D eigenvalue weighted by molar-refractivity contribution is -0.125. The minimum atomic E-state index is -0.488. The summed E-state index contributed by atoms with van der Waals surface area (Å²) in [6, 6.07) is 13.1. The highest BCUT2D eigenvalue weighted by Gasteiger charge is 2.42. The number of hydrogen-bond donors (Lipinski definition) is 1. The van der Waals surface area contributed by atoms with Gasteiger partial charge in [-0.25, -0.2) is 14.3 Å². The van der Waals surface area contributed by atoms with E-state index in [1.807, 2.05) is 24.3 Å². The first-order valence-corrected chi connectivity index (χ1v) is 11.5. The van der Waals surface area contributed by atoms with E-state index in [0.29, 0.717) is 29.9 Å². The van der Waals surface area contributed by atoms with Gasteiger partial charge in [0, 0.05) is 12.1 Å². The summed E-state index contributed by atoms with van der Waals surface area (Å²) >= 11 is 1.23. The van der Waals surface area contributed by atoms with Gasteiger partial charge in [-0.2, -0.15) is 0 Å². The molecule has 0 spiro atoms. The first-order chi connectivity index (χ1) is 15.3. The van der Waals surface area contributed by atoms with Crippen LogP contribution in [0.4, 0.5) is 10.1 Å². The van der Waals surface area contributed by atoms with E-state index in [1.165, 1.54) is 23.9 Å². The van der Waals surface area contributed by atoms with E-state index in [-0.39, 0.29) is 17.6 Å². The van der Waals surface area contributed by atoms with Crippen LogP contribution < -0.4 is 5.32 Å². The number of para-hydroxylation sites is 1. The first kappa shape index (κ1) is 22.2. The smallest absolute Gasteiger partial charge is 0.259 e. The Morgan fingerprint density at radius 1 is 1.16 bits per heavy atom. The molecule has 8 heteroatoms. The molecule has 2 aliphatic heterocycles. The minimum Gasteiger partial charge on any atom is -0.351 e. The van der Waals surface area contributed by atoms with Crippen LogP contribution in [0.15, 0.2) is 58.5 Å². The Morgan fingerprint density at radius 2 is 1.88 bits per heavy atom. The van der Waals surface area contributed by atoms with Crippen LogP contribution in [-0.4, -0.2) is 39.0 Å². The third-order valence-corrected chi connectivity index (χ3v) is 6.33. The predicted octanol–water partition coefficient (Wildman–Crippen LogP) is 4.27. The molecule has 0 aliphatic carbocycles. The van der Waals surface area contributed by atoms with E-state index in [9.17, 15) is 14.0 Å². The fourth-order valence-electron chi connectivity index (χ4n) is 3.63. The maximum atomic E-state index is 13.2. The molecule has 6 nitrogen and oxygen atoms in total. The number of hydrogen-bond acceptors (Lipinski definition) is 5. The molecule has 0 fully saturated rings. The molecule has 0 radical (unpaired) electrons. The fraction of sp³-hybridized carbons (Fsp3) is 0.333. The fourth-order valence-corrected chi connectivity index (χ4v) is 4.57. The van der Waals surface area contributed by atoms with E-state index in [0.717, 1.165) is 16.8 Å². The van der Waals surface area contributed by atoms with Crippen molar-refractivity contribution in [3.63, 3.8) is 0 Å². The highest BCUT2D eigenvalue weighted by Crippen LogP contribution is 2.35. The summed E-state index contributed by atoms with van der Waals surface area (Å²) < 4.78 is 13.1. The van der Waals surface area contributed by atoms with Gasteiger partial charge < -0.3 is 5.32 Å². The van der Waals surface area contributed by atoms with E-state index >= 15 is 0 Å². The van der Waals surface area contributed by atoms with Gasteiger partial charge in [-0.1, -0.05) is 49.9 Å². The SMILES string of the molecule is CC(C)C[C@H]1N=C2c3ccccc3N=C(S[C@@H](C)C(=O)NCc3ccc(F)cc3)N2C1=O. The van der Waals surface area contributed by atoms with Crippen LogP contribution in [0.2, 0.25) is 0 Å². The monoisotopic (exact) mass is 452 g/mol. The number of amidine groups is 2. The molecule has 32 heavy (non-hydrogen) atoms. The van der Waals surface area contributed by atoms with Gasteiger partial charge in [-0.15, -0.1) is 0 Å². The second-order valence-corrected chi connectivity index (χ2v) is 9.60. The van der Waals surface area contributed by atoms with Crippen molar-refractivity contribution in [1.82, 2.24) is 10.2 Å². The van der Waals surface area contributed by atoms with E-state index in [1.54, 1.807) is 24.0 Å². The largest absolute Gasteiger partial charge is 0.351 e. The molecule has 166 valence electrons. The Balaban J connectivity index is 1.51. The Labute approximate surface area is 191 Å². The molecule has 0 aromatic heterocycles. The Bertz CT molecular complexity index is 1100. The molecule has 0 bridgehead atoms. The Morgan fingerprint density at radius 3 is 2.59 bits per heavy atom. The van der Waals surface area contributed by atoms with Gasteiger partial charge in [0.15, 0.2) is 5.17 Å². The van der Waals surface area contributed by atoms with Crippen molar-refractivity contribution in [1.29, 1.82) is 0 Å². The van der Waals surface area contributed by atoms with Crippen molar-refractivity contribution in [2.75, 3.05) is 0 Å². The van der Waals surface area contributed by atoms with Crippen LogP contribution in [0.25, 0.3) is 0 Å². The summed E-state index contributed by atoms with van der Waals surface area (Å²) in [4.78, 5) is 36.8. The van der Waals surface area contributed by atoms with Crippen LogP contribution in [0.3, 0.4) is 0 Å². The normalized spacial score (nSPS) is 18.1. The average Bonchev–Trinajstić information content (AvgIpc) is 3.09. The molecule has 4 rings (SSSR count). The molecule has 0 saturated heterocycles. The zero-order chi connectivity index (χ0) is 22.8. The first-order valence-electron chi connectivity index (χ1n) is 10.6. The zero-order valence-corrected chi connectivity index (χ0v) is 19.0. The second-order valence-electron chi connectivity index (χ2n) is 8.29. The molecular formula is C24H25FN4O2S. The summed E-state index contributed by atoms with van der Waals surface area (Å²) in [6.45, 7) is 6.20. The topological polar surface area (TPSA) is 74.1 Å². The summed E-state index contributed by atoms with van der Waals surface area (Å²) in [5.74, 6) is 0.322. The van der Waals surface area contributed by atoms with Crippen LogP contribution in [0.1, 0.15) is 38.3 Å². The van der Waals surface area contributed by atoms with E-state index < -0.39 is 11.3 Å². The van der Waals surface area contributed by atoms with Gasteiger partial charge in [-0.3, -0.25) is 14.6 Å². The van der Waals surface area contributed by atoms with Crippen LogP contribution in [0.5, 0.6) is 0 Å². The number of rotatable bonds is 6. The molecule has 2 heterocycles. The lowest BCUT2D eigenvalue weighted by Crippen LogP contribution is -2.43. The second kappa shape index (κ2) is 9.24. The lowest BCUT2D eigenvalue weighted by Gasteiger charge is -2.27. The van der Waals surface area contributed by atoms with Gasteiger partial charge in [-0.05, 0) is 49.1 Å². The van der Waals surface area contributed by atoms with Gasteiger partial charge >= 0.3 is 0 Å². The van der Waals surface area contributed by atoms with Crippen molar-refractivity contribution >= 4 is 40.3 Å². The van der Waals surface area contributed by atoms with Gasteiger partial charge in [0.05, 0.1) is 10.9 Å². The number of nitrogens with zero attached hydrogens (tertiary/aromatic N) is 3. The number of halogens is 1. The number of fused-ring (bicyclic) bond motifs is 3. The maximum absolute atomic E-state index is 13.2. The number of benzene rings is 2. The maximum Gasteiger partial charge on any atom is 0.259 e. The van der Waals surface area contributed by atoms with E-state index in [4.69, 9.17) is 4.99 Å². The minimum absolute atomic E-state index is 0.103. The van der Waals surface area contributed by atoms with Crippen LogP contribution >= 0.6 is 11.8 Å². The number of amides is 2. The van der Waals surface area contributed by atoms with Crippen molar-refractivity contribution in [3.8, 4) is 0 Å². The van der Waals surface area contributed by atoms with Crippen LogP contribution in [-0.2, 0) is 16.1 Å². The van der Waals surface area contributed by atoms with Crippen LogP contribution in [0, 0.1) is 11.7 Å². The molecule has 2 amide bonds. The predicted molar refractivity (Wildman–Crippen MR) is 125 cm³/mol. The summed E-state index contributed by atoms with van der Waals surface area (Å²) in [6.07, 6.45) is 0.659. The molecule has 0 saturated carbocycles. The third-order valence-electron chi connectivity index (χ3n) is 5.27. The van der Waals surface area contributed by atoms with Gasteiger partial charge in [0.25, 0.3) is 5.91 Å². The standard InChI is InChI=1S/C24H25FN4O2S/c1-14(2)12-20-23(31)29-21(27-20)18-6-4-5-7-19(18)28-24(29)32-15(3)22(30)26-13-16-8-10-17(25)11-9-16/h4-11,14-15,20H,12-13H2,1-3H3,(H,26,30)/t15-,20+/m0/s1. The van der Waals surface area contributed by atoms with Crippen molar-refractivity contribution in [3.05, 3.63) is 65.5 Å². The molecule has 2 aliphatic rings. The van der Waals surface area contributed by atoms with Crippen molar-refractivity contribution in [2.45, 2.75) is 45.0 Å².